The van der Waals surface area contributed by atoms with Crippen LogP contribution in [-0.2, 0) is 0 Å². The van der Waals surface area contributed by atoms with E-state index in [-0.39, 0.29) is 11.6 Å². The van der Waals surface area contributed by atoms with Crippen LogP contribution in [0.5, 0.6) is 0 Å². The summed E-state index contributed by atoms with van der Waals surface area (Å²) in [6, 6.07) is 14.3. The van der Waals surface area contributed by atoms with E-state index in [9.17, 15) is 4.79 Å². The number of carbonyl (C=O) groups is 1. The number of halogens is 1. The third kappa shape index (κ3) is 2.53. The van der Waals surface area contributed by atoms with Crippen molar-refractivity contribution in [1.82, 2.24) is 4.98 Å². The molecule has 3 rings (SSSR count). The van der Waals surface area contributed by atoms with Crippen LogP contribution in [0, 0.1) is 0 Å². The highest BCUT2D eigenvalue weighted by atomic mass is 35.5. The van der Waals surface area contributed by atoms with E-state index >= 15 is 0 Å². The average Bonchev–Trinajstić information content (AvgIpc) is 2.51. The van der Waals surface area contributed by atoms with Gasteiger partial charge in [0, 0.05) is 28.3 Å². The highest BCUT2D eigenvalue weighted by Gasteiger charge is 2.15. The number of hydrogen-bond donors (Lipinski definition) is 2. The van der Waals surface area contributed by atoms with Crippen molar-refractivity contribution in [1.29, 1.82) is 0 Å². The van der Waals surface area contributed by atoms with Gasteiger partial charge in [0.25, 0.3) is 5.91 Å². The van der Waals surface area contributed by atoms with Gasteiger partial charge in [0.05, 0.1) is 5.02 Å². The number of fused-ring (bicyclic) bond motifs is 1. The molecule has 2 aromatic carbocycles. The third-order valence-electron chi connectivity index (χ3n) is 3.16. The molecular formula is C16H12ClN3O. The van der Waals surface area contributed by atoms with Crippen molar-refractivity contribution in [3.63, 3.8) is 0 Å². The van der Waals surface area contributed by atoms with Gasteiger partial charge >= 0.3 is 0 Å². The van der Waals surface area contributed by atoms with Crippen LogP contribution in [0.25, 0.3) is 10.8 Å². The van der Waals surface area contributed by atoms with Crippen molar-refractivity contribution < 1.29 is 4.79 Å². The highest BCUT2D eigenvalue weighted by Crippen LogP contribution is 2.30. The van der Waals surface area contributed by atoms with Crippen LogP contribution in [0.2, 0.25) is 5.02 Å². The number of anilines is 2. The fraction of sp³-hybridized carbons (Fsp3) is 0. The zero-order chi connectivity index (χ0) is 14.8. The second kappa shape index (κ2) is 5.42. The van der Waals surface area contributed by atoms with Crippen molar-refractivity contribution in [3.8, 4) is 0 Å². The molecule has 1 aromatic heterocycles. The number of nitrogens with one attached hydrogen (secondary N) is 1. The molecule has 4 nitrogen and oxygen atoms in total. The summed E-state index contributed by atoms with van der Waals surface area (Å²) in [6.45, 7) is 0. The fourth-order valence-corrected chi connectivity index (χ4v) is 2.42. The van der Waals surface area contributed by atoms with Crippen molar-refractivity contribution in [2.24, 2.45) is 0 Å². The molecule has 104 valence electrons. The lowest BCUT2D eigenvalue weighted by Gasteiger charge is -2.09. The van der Waals surface area contributed by atoms with Crippen molar-refractivity contribution >= 4 is 39.7 Å². The van der Waals surface area contributed by atoms with E-state index in [0.29, 0.717) is 21.8 Å². The van der Waals surface area contributed by atoms with Crippen LogP contribution in [0.4, 0.5) is 11.4 Å². The van der Waals surface area contributed by atoms with Gasteiger partial charge in [0.1, 0.15) is 5.69 Å². The first-order valence-corrected chi connectivity index (χ1v) is 6.73. The minimum absolute atomic E-state index is 0.258. The SMILES string of the molecule is Nc1ccc(Cl)c2c(C(=O)Nc3ccccc3)nccc12. The van der Waals surface area contributed by atoms with Crippen LogP contribution < -0.4 is 11.1 Å². The molecule has 3 aromatic rings. The van der Waals surface area contributed by atoms with Crippen LogP contribution in [0.3, 0.4) is 0 Å². The molecule has 0 bridgehead atoms. The number of nitrogen functional groups attached to an aromatic ring is 1. The van der Waals surface area contributed by atoms with E-state index in [4.69, 9.17) is 17.3 Å². The number of nitrogens with two attached hydrogens (primary N) is 1. The minimum atomic E-state index is -0.320. The lowest BCUT2D eigenvalue weighted by molar-refractivity contribution is 0.102. The predicted molar refractivity (Wildman–Crippen MR) is 85.6 cm³/mol. The summed E-state index contributed by atoms with van der Waals surface area (Å²) < 4.78 is 0. The molecule has 21 heavy (non-hydrogen) atoms. The number of hydrogen-bond acceptors (Lipinski definition) is 3. The van der Waals surface area contributed by atoms with Gasteiger partial charge in [-0.05, 0) is 30.3 Å². The van der Waals surface area contributed by atoms with Gasteiger partial charge in [0.15, 0.2) is 0 Å². The lowest BCUT2D eigenvalue weighted by Crippen LogP contribution is -2.14. The topological polar surface area (TPSA) is 68.0 Å². The van der Waals surface area contributed by atoms with E-state index in [1.165, 1.54) is 0 Å². The summed E-state index contributed by atoms with van der Waals surface area (Å²) in [6.07, 6.45) is 1.55. The molecule has 0 spiro atoms. The average molecular weight is 298 g/mol. The molecule has 0 saturated carbocycles. The molecule has 0 saturated heterocycles. The lowest BCUT2D eigenvalue weighted by atomic mass is 10.1. The van der Waals surface area contributed by atoms with Crippen LogP contribution in [0.1, 0.15) is 10.5 Å². The molecule has 0 aliphatic rings. The van der Waals surface area contributed by atoms with E-state index in [1.807, 2.05) is 18.2 Å². The Morgan fingerprint density at radius 3 is 2.62 bits per heavy atom. The van der Waals surface area contributed by atoms with E-state index in [2.05, 4.69) is 10.3 Å². The van der Waals surface area contributed by atoms with Crippen molar-refractivity contribution in [2.75, 3.05) is 11.1 Å². The van der Waals surface area contributed by atoms with E-state index < -0.39 is 0 Å². The fourth-order valence-electron chi connectivity index (χ4n) is 2.16. The van der Waals surface area contributed by atoms with Gasteiger partial charge in [-0.15, -0.1) is 0 Å². The van der Waals surface area contributed by atoms with Crippen molar-refractivity contribution in [3.05, 3.63) is 65.4 Å². The van der Waals surface area contributed by atoms with Gasteiger partial charge in [-0.25, -0.2) is 0 Å². The zero-order valence-electron chi connectivity index (χ0n) is 11.0. The van der Waals surface area contributed by atoms with Gasteiger partial charge in [0.2, 0.25) is 0 Å². The Hall–Kier alpha value is -2.59. The Morgan fingerprint density at radius 2 is 1.86 bits per heavy atom. The first-order chi connectivity index (χ1) is 10.2. The molecule has 0 fully saturated rings. The maximum absolute atomic E-state index is 12.4. The summed E-state index contributed by atoms with van der Waals surface area (Å²) >= 11 is 6.21. The highest BCUT2D eigenvalue weighted by molar-refractivity contribution is 6.37. The Balaban J connectivity index is 2.08. The predicted octanol–water partition coefficient (Wildman–Crippen LogP) is 3.72. The quantitative estimate of drug-likeness (QED) is 0.708. The number of rotatable bonds is 2. The Bertz CT molecular complexity index is 818. The smallest absolute Gasteiger partial charge is 0.274 e. The summed E-state index contributed by atoms with van der Waals surface area (Å²) in [5.41, 5.74) is 7.44. The summed E-state index contributed by atoms with van der Waals surface area (Å²) in [5.74, 6) is -0.320. The Kier molecular flexibility index (Phi) is 3.46. The maximum atomic E-state index is 12.4. The van der Waals surface area contributed by atoms with Crippen LogP contribution in [-0.4, -0.2) is 10.9 Å². The number of benzene rings is 2. The first-order valence-electron chi connectivity index (χ1n) is 6.36. The number of amides is 1. The Labute approximate surface area is 126 Å². The molecule has 3 N–H and O–H groups in total. The largest absolute Gasteiger partial charge is 0.398 e. The summed E-state index contributed by atoms with van der Waals surface area (Å²) in [5, 5.41) is 4.53. The normalized spacial score (nSPS) is 10.5. The molecule has 1 amide bonds. The summed E-state index contributed by atoms with van der Waals surface area (Å²) in [4.78, 5) is 16.6. The van der Waals surface area contributed by atoms with Crippen molar-refractivity contribution in [2.45, 2.75) is 0 Å². The molecule has 0 unspecified atom stereocenters. The number of nitrogens with zero attached hydrogens (tertiary/aromatic N) is 1. The molecule has 0 aliphatic heterocycles. The molecule has 0 atom stereocenters. The molecule has 5 heteroatoms. The maximum Gasteiger partial charge on any atom is 0.274 e. The number of para-hydroxylation sites is 1. The Morgan fingerprint density at radius 1 is 1.10 bits per heavy atom. The molecular weight excluding hydrogens is 286 g/mol. The molecule has 0 aliphatic carbocycles. The number of aromatic nitrogens is 1. The van der Waals surface area contributed by atoms with Crippen LogP contribution in [0.15, 0.2) is 54.7 Å². The third-order valence-corrected chi connectivity index (χ3v) is 3.47. The van der Waals surface area contributed by atoms with E-state index in [1.54, 1.807) is 36.5 Å². The number of carbonyl (C=O) groups excluding carboxylic acids is 1. The first kappa shape index (κ1) is 13.4. The minimum Gasteiger partial charge on any atom is -0.398 e. The van der Waals surface area contributed by atoms with E-state index in [0.717, 1.165) is 5.39 Å². The molecule has 0 radical (unpaired) electrons. The van der Waals surface area contributed by atoms with Gasteiger partial charge in [-0.3, -0.25) is 9.78 Å². The number of pyridine rings is 1. The summed E-state index contributed by atoms with van der Waals surface area (Å²) in [7, 11) is 0. The molecule has 1 heterocycles. The second-order valence-electron chi connectivity index (χ2n) is 4.54. The van der Waals surface area contributed by atoms with Crippen LogP contribution >= 0.6 is 11.6 Å². The monoisotopic (exact) mass is 297 g/mol. The zero-order valence-corrected chi connectivity index (χ0v) is 11.8. The second-order valence-corrected chi connectivity index (χ2v) is 4.95. The van der Waals surface area contributed by atoms with Gasteiger partial charge in [-0.1, -0.05) is 29.8 Å². The standard InChI is InChI=1S/C16H12ClN3O/c17-12-6-7-13(18)11-8-9-19-15(14(11)12)16(21)20-10-4-2-1-3-5-10/h1-9H,18H2,(H,20,21). The van der Waals surface area contributed by atoms with Gasteiger partial charge in [-0.2, -0.15) is 0 Å². The van der Waals surface area contributed by atoms with Gasteiger partial charge < -0.3 is 11.1 Å².